The van der Waals surface area contributed by atoms with Crippen LogP contribution in [0.4, 0.5) is 0 Å². The van der Waals surface area contributed by atoms with Crippen molar-refractivity contribution in [3.8, 4) is 0 Å². The molecular formula is C11H10BrClN2OS. The lowest BCUT2D eigenvalue weighted by Crippen LogP contribution is -2.11. The summed E-state index contributed by atoms with van der Waals surface area (Å²) >= 11 is 10.8. The summed E-state index contributed by atoms with van der Waals surface area (Å²) in [5, 5.41) is 6.33. The van der Waals surface area contributed by atoms with Gasteiger partial charge in [-0.1, -0.05) is 18.5 Å². The molecule has 2 heterocycles. The predicted octanol–water partition coefficient (Wildman–Crippen LogP) is 4.00. The predicted molar refractivity (Wildman–Crippen MR) is 73.0 cm³/mol. The summed E-state index contributed by atoms with van der Waals surface area (Å²) in [6, 6.07) is 1.80. The summed E-state index contributed by atoms with van der Waals surface area (Å²) in [6.45, 7) is 2.73. The first-order chi connectivity index (χ1) is 8.13. The third kappa shape index (κ3) is 2.61. The van der Waals surface area contributed by atoms with Crippen molar-refractivity contribution in [1.29, 1.82) is 0 Å². The van der Waals surface area contributed by atoms with Crippen LogP contribution in [0.2, 0.25) is 5.02 Å². The number of halogens is 2. The van der Waals surface area contributed by atoms with E-state index in [0.717, 1.165) is 10.2 Å². The first-order valence-electron chi connectivity index (χ1n) is 5.13. The van der Waals surface area contributed by atoms with Crippen LogP contribution in [0.1, 0.15) is 29.4 Å². The molecule has 17 heavy (non-hydrogen) atoms. The summed E-state index contributed by atoms with van der Waals surface area (Å²) in [6.07, 6.45) is 2.43. The zero-order valence-corrected chi connectivity index (χ0v) is 12.3. The Bertz CT molecular complexity index is 549. The van der Waals surface area contributed by atoms with Crippen LogP contribution in [0.25, 0.3) is 0 Å². The van der Waals surface area contributed by atoms with Crippen LogP contribution < -0.4 is 0 Å². The Morgan fingerprint density at radius 3 is 3.00 bits per heavy atom. The zero-order chi connectivity index (χ0) is 12.4. The van der Waals surface area contributed by atoms with E-state index in [1.807, 2.05) is 12.3 Å². The number of nitrogens with zero attached hydrogens (tertiary/aromatic N) is 2. The van der Waals surface area contributed by atoms with Gasteiger partial charge in [0.05, 0.1) is 15.0 Å². The molecule has 0 spiro atoms. The third-order valence-corrected chi connectivity index (χ3v) is 4.06. The number of hydrogen-bond donors (Lipinski definition) is 0. The maximum atomic E-state index is 12.3. The van der Waals surface area contributed by atoms with Crippen molar-refractivity contribution >= 4 is 44.7 Å². The van der Waals surface area contributed by atoms with Gasteiger partial charge in [-0.3, -0.25) is 9.48 Å². The molecule has 0 aliphatic heterocycles. The topological polar surface area (TPSA) is 34.9 Å². The molecule has 0 aromatic carbocycles. The molecule has 0 radical (unpaired) electrons. The second kappa shape index (κ2) is 5.33. The first kappa shape index (κ1) is 12.8. The summed E-state index contributed by atoms with van der Waals surface area (Å²) in [5.41, 5.74) is 1.11. The van der Waals surface area contributed by atoms with E-state index < -0.39 is 0 Å². The summed E-state index contributed by atoms with van der Waals surface area (Å²) < 4.78 is 2.59. The third-order valence-electron chi connectivity index (χ3n) is 2.27. The van der Waals surface area contributed by atoms with Crippen molar-refractivity contribution in [3.63, 3.8) is 0 Å². The molecule has 2 aromatic rings. The van der Waals surface area contributed by atoms with E-state index in [2.05, 4.69) is 21.0 Å². The molecule has 0 N–H and O–H groups in total. The van der Waals surface area contributed by atoms with Crippen LogP contribution >= 0.6 is 38.9 Å². The monoisotopic (exact) mass is 332 g/mol. The Hall–Kier alpha value is -0.650. The van der Waals surface area contributed by atoms with E-state index in [1.54, 1.807) is 10.7 Å². The average Bonchev–Trinajstić information content (AvgIpc) is 2.86. The Morgan fingerprint density at radius 1 is 1.65 bits per heavy atom. The van der Waals surface area contributed by atoms with Crippen LogP contribution in [0.15, 0.2) is 21.4 Å². The van der Waals surface area contributed by atoms with Gasteiger partial charge < -0.3 is 0 Å². The van der Waals surface area contributed by atoms with E-state index >= 15 is 0 Å². The normalized spacial score (nSPS) is 10.8. The second-order valence-electron chi connectivity index (χ2n) is 3.53. The largest absolute Gasteiger partial charge is 0.287 e. The second-order valence-corrected chi connectivity index (χ2v) is 6.23. The molecule has 0 aliphatic carbocycles. The van der Waals surface area contributed by atoms with Crippen molar-refractivity contribution in [2.45, 2.75) is 19.9 Å². The van der Waals surface area contributed by atoms with E-state index in [-0.39, 0.29) is 5.78 Å². The van der Waals surface area contributed by atoms with E-state index in [9.17, 15) is 4.79 Å². The highest BCUT2D eigenvalue weighted by molar-refractivity contribution is 9.11. The molecule has 3 nitrogen and oxygen atoms in total. The van der Waals surface area contributed by atoms with Crippen molar-refractivity contribution in [2.24, 2.45) is 0 Å². The molecule has 2 rings (SSSR count). The Balaban J connectivity index is 2.39. The van der Waals surface area contributed by atoms with Crippen molar-refractivity contribution in [1.82, 2.24) is 9.78 Å². The summed E-state index contributed by atoms with van der Waals surface area (Å²) in [5.74, 6) is -0.0806. The summed E-state index contributed by atoms with van der Waals surface area (Å²) in [7, 11) is 0. The van der Waals surface area contributed by atoms with Gasteiger partial charge in [-0.15, -0.1) is 11.3 Å². The molecule has 0 bridgehead atoms. The van der Waals surface area contributed by atoms with Gasteiger partial charge >= 0.3 is 0 Å². The molecule has 90 valence electrons. The average molecular weight is 334 g/mol. The fraction of sp³-hybridized carbons (Fsp3) is 0.273. The molecule has 0 saturated carbocycles. The van der Waals surface area contributed by atoms with Gasteiger partial charge in [0.1, 0.15) is 5.69 Å². The van der Waals surface area contributed by atoms with Crippen LogP contribution in [-0.4, -0.2) is 15.6 Å². The SMILES string of the molecule is CCCn1ncc(Cl)c1C(=O)c1csc(Br)c1. The van der Waals surface area contributed by atoms with E-state index in [1.165, 1.54) is 17.5 Å². The van der Waals surface area contributed by atoms with Gasteiger partial charge in [-0.25, -0.2) is 0 Å². The lowest BCUT2D eigenvalue weighted by molar-refractivity contribution is 0.102. The van der Waals surface area contributed by atoms with Crippen LogP contribution in [0.5, 0.6) is 0 Å². The van der Waals surface area contributed by atoms with Crippen molar-refractivity contribution in [3.05, 3.63) is 37.7 Å². The Labute approximate surface area is 117 Å². The Morgan fingerprint density at radius 2 is 2.41 bits per heavy atom. The summed E-state index contributed by atoms with van der Waals surface area (Å²) in [4.78, 5) is 12.3. The van der Waals surface area contributed by atoms with Crippen LogP contribution in [-0.2, 0) is 6.54 Å². The number of aromatic nitrogens is 2. The fourth-order valence-electron chi connectivity index (χ4n) is 1.54. The standard InChI is InChI=1S/C11H10BrClN2OS/c1-2-3-15-10(8(13)5-14-15)11(16)7-4-9(12)17-6-7/h4-6H,2-3H2,1H3. The molecule has 0 aliphatic rings. The van der Waals surface area contributed by atoms with E-state index in [4.69, 9.17) is 11.6 Å². The first-order valence-corrected chi connectivity index (χ1v) is 7.18. The number of carbonyl (C=O) groups excluding carboxylic acids is 1. The highest BCUT2D eigenvalue weighted by atomic mass is 79.9. The number of rotatable bonds is 4. The molecule has 0 amide bonds. The molecule has 0 fully saturated rings. The minimum Gasteiger partial charge on any atom is -0.287 e. The number of aryl methyl sites for hydroxylation is 1. The van der Waals surface area contributed by atoms with Gasteiger partial charge in [-0.2, -0.15) is 5.10 Å². The number of carbonyl (C=O) groups is 1. The minimum atomic E-state index is -0.0806. The lowest BCUT2D eigenvalue weighted by atomic mass is 10.1. The lowest BCUT2D eigenvalue weighted by Gasteiger charge is -2.04. The Kier molecular flexibility index (Phi) is 4.01. The maximum absolute atomic E-state index is 12.3. The molecule has 0 saturated heterocycles. The van der Waals surface area contributed by atoms with Crippen molar-refractivity contribution < 1.29 is 4.79 Å². The van der Waals surface area contributed by atoms with Gasteiger partial charge in [0, 0.05) is 17.5 Å². The molecule has 2 aromatic heterocycles. The smallest absolute Gasteiger partial charge is 0.213 e. The van der Waals surface area contributed by atoms with Gasteiger partial charge in [0.15, 0.2) is 0 Å². The quantitative estimate of drug-likeness (QED) is 0.793. The fourth-order valence-corrected chi connectivity index (χ4v) is 2.90. The molecule has 6 heteroatoms. The minimum absolute atomic E-state index is 0.0806. The van der Waals surface area contributed by atoms with Gasteiger partial charge in [-0.05, 0) is 28.4 Å². The number of ketones is 1. The van der Waals surface area contributed by atoms with Crippen molar-refractivity contribution in [2.75, 3.05) is 0 Å². The molecular weight excluding hydrogens is 324 g/mol. The number of thiophene rings is 1. The number of hydrogen-bond acceptors (Lipinski definition) is 3. The molecule has 0 unspecified atom stereocenters. The highest BCUT2D eigenvalue weighted by Gasteiger charge is 2.19. The maximum Gasteiger partial charge on any atom is 0.213 e. The molecule has 0 atom stereocenters. The zero-order valence-electron chi connectivity index (χ0n) is 9.11. The van der Waals surface area contributed by atoms with Crippen LogP contribution in [0, 0.1) is 0 Å². The van der Waals surface area contributed by atoms with Gasteiger partial charge in [0.25, 0.3) is 0 Å². The van der Waals surface area contributed by atoms with Gasteiger partial charge in [0.2, 0.25) is 5.78 Å². The highest BCUT2D eigenvalue weighted by Crippen LogP contribution is 2.25. The van der Waals surface area contributed by atoms with Crippen LogP contribution in [0.3, 0.4) is 0 Å². The van der Waals surface area contributed by atoms with E-state index in [0.29, 0.717) is 22.8 Å².